The molecule has 0 aromatic heterocycles. The molecule has 4 atom stereocenters. The fraction of sp³-hybridized carbons (Fsp3) is 1.00. The Balaban J connectivity index is 1.98. The lowest BCUT2D eigenvalue weighted by Gasteiger charge is -2.24. The van der Waals surface area contributed by atoms with E-state index in [2.05, 4.69) is 0 Å². The van der Waals surface area contributed by atoms with Crippen LogP contribution in [0.3, 0.4) is 0 Å². The number of fused-ring (bicyclic) bond motifs is 5. The number of aliphatic hydroxyl groups excluding tert-OH is 1. The van der Waals surface area contributed by atoms with Gasteiger partial charge in [0.2, 0.25) is 0 Å². The molecule has 3 aliphatic rings. The van der Waals surface area contributed by atoms with Crippen LogP contribution in [0.4, 0.5) is 0 Å². The lowest BCUT2D eigenvalue weighted by Crippen LogP contribution is -2.22. The Hall–Kier alpha value is -0.0400. The minimum absolute atomic E-state index is 0.440. The van der Waals surface area contributed by atoms with Crippen LogP contribution in [0.1, 0.15) is 25.7 Å². The molecular weight excluding hydrogens is 124 g/mol. The van der Waals surface area contributed by atoms with E-state index < -0.39 is 0 Å². The molecule has 0 radical (unpaired) electrons. The molecule has 56 valence electrons. The average Bonchev–Trinajstić information content (AvgIpc) is 2.62. The fourth-order valence-electron chi connectivity index (χ4n) is 3.60. The standard InChI is InChI=1S/C9H14O/c10-5-9-2-1-6(4-9)7-3-8(7)9/h6-8,10H,1-5H2/t6-,7-,8-,9+/m0/s1. The summed E-state index contributed by atoms with van der Waals surface area (Å²) in [6, 6.07) is 0. The molecule has 0 heterocycles. The third kappa shape index (κ3) is 0.430. The normalized spacial score (nSPS) is 62.7. The molecule has 0 unspecified atom stereocenters. The highest BCUT2D eigenvalue weighted by Crippen LogP contribution is 2.71. The summed E-state index contributed by atoms with van der Waals surface area (Å²) in [5, 5.41) is 9.24. The summed E-state index contributed by atoms with van der Waals surface area (Å²) in [4.78, 5) is 0. The van der Waals surface area contributed by atoms with Gasteiger partial charge in [-0.3, -0.25) is 0 Å². The van der Waals surface area contributed by atoms with Gasteiger partial charge in [0.25, 0.3) is 0 Å². The Morgan fingerprint density at radius 2 is 2.40 bits per heavy atom. The molecule has 0 amide bonds. The number of rotatable bonds is 1. The third-order valence-electron chi connectivity index (χ3n) is 4.23. The van der Waals surface area contributed by atoms with Gasteiger partial charge in [-0.2, -0.15) is 0 Å². The van der Waals surface area contributed by atoms with E-state index in [9.17, 15) is 5.11 Å². The summed E-state index contributed by atoms with van der Waals surface area (Å²) >= 11 is 0. The van der Waals surface area contributed by atoms with Crippen molar-refractivity contribution in [1.29, 1.82) is 0 Å². The predicted octanol–water partition coefficient (Wildman–Crippen LogP) is 1.41. The first kappa shape index (κ1) is 5.59. The zero-order valence-electron chi connectivity index (χ0n) is 6.21. The van der Waals surface area contributed by atoms with Gasteiger partial charge in [0, 0.05) is 6.61 Å². The Morgan fingerprint density at radius 3 is 2.90 bits per heavy atom. The molecule has 0 aromatic carbocycles. The van der Waals surface area contributed by atoms with Crippen molar-refractivity contribution in [3.8, 4) is 0 Å². The van der Waals surface area contributed by atoms with Gasteiger partial charge in [0.05, 0.1) is 0 Å². The van der Waals surface area contributed by atoms with E-state index >= 15 is 0 Å². The van der Waals surface area contributed by atoms with Crippen molar-refractivity contribution in [3.63, 3.8) is 0 Å². The van der Waals surface area contributed by atoms with E-state index in [1.54, 1.807) is 0 Å². The molecule has 0 aliphatic heterocycles. The molecule has 0 saturated heterocycles. The average molecular weight is 138 g/mol. The Labute approximate surface area is 61.4 Å². The molecule has 0 aromatic rings. The van der Waals surface area contributed by atoms with Crippen molar-refractivity contribution in [2.75, 3.05) is 6.61 Å². The summed E-state index contributed by atoms with van der Waals surface area (Å²) in [7, 11) is 0. The van der Waals surface area contributed by atoms with Crippen molar-refractivity contribution in [1.82, 2.24) is 0 Å². The summed E-state index contributed by atoms with van der Waals surface area (Å²) in [6.45, 7) is 0.477. The van der Waals surface area contributed by atoms with Crippen molar-refractivity contribution in [3.05, 3.63) is 0 Å². The van der Waals surface area contributed by atoms with Crippen LogP contribution in [0.5, 0.6) is 0 Å². The van der Waals surface area contributed by atoms with Crippen molar-refractivity contribution < 1.29 is 5.11 Å². The van der Waals surface area contributed by atoms with E-state index in [4.69, 9.17) is 0 Å². The van der Waals surface area contributed by atoms with Gasteiger partial charge in [0.1, 0.15) is 0 Å². The number of aliphatic hydroxyl groups is 1. The van der Waals surface area contributed by atoms with Crippen LogP contribution in [0.2, 0.25) is 0 Å². The fourth-order valence-corrected chi connectivity index (χ4v) is 3.60. The van der Waals surface area contributed by atoms with Crippen LogP contribution < -0.4 is 0 Å². The van der Waals surface area contributed by atoms with Crippen molar-refractivity contribution in [2.45, 2.75) is 25.7 Å². The Bertz CT molecular complexity index is 178. The highest BCUT2D eigenvalue weighted by molar-refractivity contribution is 5.14. The molecule has 3 rings (SSSR count). The smallest absolute Gasteiger partial charge is 0.0490 e. The minimum atomic E-state index is 0.440. The van der Waals surface area contributed by atoms with E-state index in [1.165, 1.54) is 25.7 Å². The largest absolute Gasteiger partial charge is 0.396 e. The third-order valence-corrected chi connectivity index (χ3v) is 4.23. The van der Waals surface area contributed by atoms with Crippen LogP contribution in [-0.2, 0) is 0 Å². The zero-order valence-corrected chi connectivity index (χ0v) is 6.21. The van der Waals surface area contributed by atoms with E-state index in [0.29, 0.717) is 12.0 Å². The number of hydrogen-bond acceptors (Lipinski definition) is 1. The second kappa shape index (κ2) is 1.42. The maximum Gasteiger partial charge on any atom is 0.0490 e. The van der Waals surface area contributed by atoms with Gasteiger partial charge in [-0.05, 0) is 48.9 Å². The lowest BCUT2D eigenvalue weighted by molar-refractivity contribution is 0.114. The minimum Gasteiger partial charge on any atom is -0.396 e. The van der Waals surface area contributed by atoms with Crippen molar-refractivity contribution in [2.24, 2.45) is 23.2 Å². The molecule has 1 heteroatoms. The monoisotopic (exact) mass is 138 g/mol. The van der Waals surface area contributed by atoms with Gasteiger partial charge >= 0.3 is 0 Å². The molecule has 0 spiro atoms. The zero-order chi connectivity index (χ0) is 6.77. The van der Waals surface area contributed by atoms with E-state index in [-0.39, 0.29) is 0 Å². The van der Waals surface area contributed by atoms with Gasteiger partial charge < -0.3 is 5.11 Å². The summed E-state index contributed by atoms with van der Waals surface area (Å²) in [5.74, 6) is 3.04. The summed E-state index contributed by atoms with van der Waals surface area (Å²) in [6.07, 6.45) is 5.56. The van der Waals surface area contributed by atoms with Crippen LogP contribution in [0.15, 0.2) is 0 Å². The summed E-state index contributed by atoms with van der Waals surface area (Å²) < 4.78 is 0. The van der Waals surface area contributed by atoms with Gasteiger partial charge in [0.15, 0.2) is 0 Å². The maximum atomic E-state index is 9.24. The molecule has 3 fully saturated rings. The second-order valence-electron chi connectivity index (χ2n) is 4.53. The molecule has 10 heavy (non-hydrogen) atoms. The quantitative estimate of drug-likeness (QED) is 0.581. The molecule has 1 N–H and O–H groups in total. The molecule has 3 saturated carbocycles. The van der Waals surface area contributed by atoms with Crippen LogP contribution in [0.25, 0.3) is 0 Å². The molecule has 2 bridgehead atoms. The second-order valence-corrected chi connectivity index (χ2v) is 4.53. The van der Waals surface area contributed by atoms with E-state index in [0.717, 1.165) is 17.8 Å². The molecular formula is C9H14O. The Morgan fingerprint density at radius 1 is 1.50 bits per heavy atom. The SMILES string of the molecule is OC[C@@]12CC[C@@H](C1)[C@@H]1C[C@@H]12. The van der Waals surface area contributed by atoms with Crippen LogP contribution in [0, 0.1) is 23.2 Å². The van der Waals surface area contributed by atoms with Crippen LogP contribution >= 0.6 is 0 Å². The topological polar surface area (TPSA) is 20.2 Å². The lowest BCUT2D eigenvalue weighted by atomic mass is 9.83. The van der Waals surface area contributed by atoms with Gasteiger partial charge in [-0.1, -0.05) is 0 Å². The maximum absolute atomic E-state index is 9.24. The summed E-state index contributed by atoms with van der Waals surface area (Å²) in [5.41, 5.74) is 0.440. The number of hydrogen-bond donors (Lipinski definition) is 1. The first-order valence-electron chi connectivity index (χ1n) is 4.47. The van der Waals surface area contributed by atoms with Gasteiger partial charge in [-0.15, -0.1) is 0 Å². The van der Waals surface area contributed by atoms with E-state index in [1.807, 2.05) is 0 Å². The van der Waals surface area contributed by atoms with Crippen molar-refractivity contribution >= 4 is 0 Å². The van der Waals surface area contributed by atoms with Crippen LogP contribution in [-0.4, -0.2) is 11.7 Å². The molecule has 3 aliphatic carbocycles. The first-order valence-corrected chi connectivity index (χ1v) is 4.47. The molecule has 1 nitrogen and oxygen atoms in total. The highest BCUT2D eigenvalue weighted by atomic mass is 16.3. The van der Waals surface area contributed by atoms with Gasteiger partial charge in [-0.25, -0.2) is 0 Å². The predicted molar refractivity (Wildman–Crippen MR) is 38.5 cm³/mol. The highest BCUT2D eigenvalue weighted by Gasteiger charge is 2.65. The Kier molecular flexibility index (Phi) is 0.797. The first-order chi connectivity index (χ1) is 4.86.